The predicted molar refractivity (Wildman–Crippen MR) is 93.6 cm³/mol. The van der Waals surface area contributed by atoms with Gasteiger partial charge in [0, 0.05) is 0 Å². The monoisotopic (exact) mass is 342 g/mol. The summed E-state index contributed by atoms with van der Waals surface area (Å²) in [5.41, 5.74) is 0.981. The Labute approximate surface area is 147 Å². The normalized spacial score (nSPS) is 10.2. The topological polar surface area (TPSA) is 72.8 Å². The average molecular weight is 342 g/mol. The van der Waals surface area contributed by atoms with Gasteiger partial charge in [0.15, 0.2) is 0 Å². The van der Waals surface area contributed by atoms with Crippen molar-refractivity contribution in [2.75, 3.05) is 13.2 Å². The van der Waals surface area contributed by atoms with E-state index >= 15 is 0 Å². The lowest BCUT2D eigenvalue weighted by atomic mass is 10.2. The van der Waals surface area contributed by atoms with E-state index in [1.165, 1.54) is 24.3 Å². The van der Waals surface area contributed by atoms with Crippen LogP contribution in [0, 0.1) is 0 Å². The van der Waals surface area contributed by atoms with E-state index in [1.807, 2.05) is 6.07 Å². The summed E-state index contributed by atoms with van der Waals surface area (Å²) in [7, 11) is 0. The fraction of sp³-hybridized carbons (Fsp3) is 0.300. The minimum atomic E-state index is -0.392. The van der Waals surface area contributed by atoms with Crippen molar-refractivity contribution in [3.63, 3.8) is 0 Å². The molecule has 2 aromatic rings. The molecule has 1 N–H and O–H groups in total. The molecule has 0 saturated heterocycles. The maximum absolute atomic E-state index is 11.7. The molecule has 0 spiro atoms. The molecule has 132 valence electrons. The summed E-state index contributed by atoms with van der Waals surface area (Å²) < 4.78 is 10.4. The predicted octanol–water partition coefficient (Wildman–Crippen LogP) is 3.97. The number of ether oxygens (including phenoxy) is 2. The molecular formula is C20H22O5. The summed E-state index contributed by atoms with van der Waals surface area (Å²) in [4.78, 5) is 23.5. The van der Waals surface area contributed by atoms with Gasteiger partial charge < -0.3 is 14.6 Å². The Morgan fingerprint density at radius 3 is 1.68 bits per heavy atom. The van der Waals surface area contributed by atoms with Crippen LogP contribution in [0.2, 0.25) is 0 Å². The number of phenols is 1. The van der Waals surface area contributed by atoms with E-state index in [9.17, 15) is 14.7 Å². The van der Waals surface area contributed by atoms with Crippen LogP contribution in [0.5, 0.6) is 5.75 Å². The number of phenolic OH excluding ortho intramolecular Hbond substituents is 1. The molecular weight excluding hydrogens is 320 g/mol. The van der Waals surface area contributed by atoms with Crippen LogP contribution in [-0.4, -0.2) is 30.3 Å². The zero-order valence-corrected chi connectivity index (χ0v) is 14.0. The van der Waals surface area contributed by atoms with Crippen LogP contribution in [0.1, 0.15) is 46.4 Å². The molecule has 0 aliphatic rings. The van der Waals surface area contributed by atoms with Crippen molar-refractivity contribution in [2.45, 2.75) is 25.7 Å². The van der Waals surface area contributed by atoms with Crippen molar-refractivity contribution >= 4 is 11.9 Å². The number of esters is 2. The second-order valence-corrected chi connectivity index (χ2v) is 5.60. The number of benzene rings is 2. The fourth-order valence-corrected chi connectivity index (χ4v) is 2.23. The highest BCUT2D eigenvalue weighted by Crippen LogP contribution is 2.11. The standard InChI is InChI=1S/C20H22O5/c21-18-12-10-17(11-13-18)20(23)25-15-7-2-1-6-14-24-19(22)16-8-4-3-5-9-16/h3-5,8-13,21H,1-2,6-7,14-15H2. The molecule has 0 atom stereocenters. The van der Waals surface area contributed by atoms with Gasteiger partial charge in [-0.3, -0.25) is 0 Å². The molecule has 25 heavy (non-hydrogen) atoms. The van der Waals surface area contributed by atoms with Crippen molar-refractivity contribution < 1.29 is 24.2 Å². The Morgan fingerprint density at radius 2 is 1.16 bits per heavy atom. The van der Waals surface area contributed by atoms with Gasteiger partial charge in [0.1, 0.15) is 5.75 Å². The van der Waals surface area contributed by atoms with E-state index in [0.29, 0.717) is 24.3 Å². The maximum Gasteiger partial charge on any atom is 0.338 e. The Bertz CT molecular complexity index is 664. The zero-order chi connectivity index (χ0) is 17.9. The first kappa shape index (κ1) is 18.5. The van der Waals surface area contributed by atoms with Gasteiger partial charge in [0.25, 0.3) is 0 Å². The summed E-state index contributed by atoms with van der Waals surface area (Å²) in [6, 6.07) is 14.9. The van der Waals surface area contributed by atoms with Crippen LogP contribution in [0.25, 0.3) is 0 Å². The van der Waals surface area contributed by atoms with Gasteiger partial charge in [-0.25, -0.2) is 9.59 Å². The van der Waals surface area contributed by atoms with E-state index in [4.69, 9.17) is 9.47 Å². The molecule has 0 fully saturated rings. The van der Waals surface area contributed by atoms with Crippen molar-refractivity contribution in [2.24, 2.45) is 0 Å². The molecule has 0 amide bonds. The van der Waals surface area contributed by atoms with E-state index < -0.39 is 5.97 Å². The van der Waals surface area contributed by atoms with Crippen LogP contribution < -0.4 is 0 Å². The fourth-order valence-electron chi connectivity index (χ4n) is 2.23. The largest absolute Gasteiger partial charge is 0.508 e. The van der Waals surface area contributed by atoms with Gasteiger partial charge in [0.2, 0.25) is 0 Å². The van der Waals surface area contributed by atoms with E-state index in [-0.39, 0.29) is 11.7 Å². The first-order valence-electron chi connectivity index (χ1n) is 8.35. The third kappa shape index (κ3) is 6.67. The number of unbranched alkanes of at least 4 members (excludes halogenated alkanes) is 3. The second kappa shape index (κ2) is 10.1. The highest BCUT2D eigenvalue weighted by atomic mass is 16.5. The molecule has 0 saturated carbocycles. The minimum absolute atomic E-state index is 0.115. The number of hydrogen-bond donors (Lipinski definition) is 1. The summed E-state index contributed by atoms with van der Waals surface area (Å²) in [5, 5.41) is 9.17. The Kier molecular flexibility index (Phi) is 7.50. The summed E-state index contributed by atoms with van der Waals surface area (Å²) in [6.45, 7) is 0.741. The molecule has 0 bridgehead atoms. The first-order chi connectivity index (χ1) is 12.2. The van der Waals surface area contributed by atoms with Crippen LogP contribution in [-0.2, 0) is 9.47 Å². The Hall–Kier alpha value is -2.82. The molecule has 5 heteroatoms. The third-order valence-electron chi connectivity index (χ3n) is 3.62. The lowest BCUT2D eigenvalue weighted by Crippen LogP contribution is -2.07. The van der Waals surface area contributed by atoms with E-state index in [1.54, 1.807) is 24.3 Å². The van der Waals surface area contributed by atoms with Gasteiger partial charge in [0.05, 0.1) is 24.3 Å². The van der Waals surface area contributed by atoms with Crippen LogP contribution in [0.3, 0.4) is 0 Å². The number of rotatable bonds is 9. The zero-order valence-electron chi connectivity index (χ0n) is 14.0. The number of carbonyl (C=O) groups excluding carboxylic acids is 2. The Morgan fingerprint density at radius 1 is 0.680 bits per heavy atom. The van der Waals surface area contributed by atoms with E-state index in [2.05, 4.69) is 0 Å². The lowest BCUT2D eigenvalue weighted by Gasteiger charge is -2.06. The molecule has 0 unspecified atom stereocenters. The SMILES string of the molecule is O=C(OCCCCCCOC(=O)c1ccc(O)cc1)c1ccccc1. The Balaban J connectivity index is 1.50. The molecule has 0 aliphatic heterocycles. The smallest absolute Gasteiger partial charge is 0.338 e. The van der Waals surface area contributed by atoms with Crippen LogP contribution >= 0.6 is 0 Å². The number of aromatic hydroxyl groups is 1. The summed E-state index contributed by atoms with van der Waals surface area (Å²) in [5.74, 6) is -0.579. The highest BCUT2D eigenvalue weighted by molar-refractivity contribution is 5.89. The number of hydrogen-bond acceptors (Lipinski definition) is 5. The lowest BCUT2D eigenvalue weighted by molar-refractivity contribution is 0.0473. The molecule has 2 aromatic carbocycles. The summed E-state index contributed by atoms with van der Waals surface area (Å²) in [6.07, 6.45) is 3.34. The van der Waals surface area contributed by atoms with Crippen LogP contribution in [0.15, 0.2) is 54.6 Å². The van der Waals surface area contributed by atoms with Gasteiger partial charge in [-0.15, -0.1) is 0 Å². The van der Waals surface area contributed by atoms with Crippen molar-refractivity contribution in [3.8, 4) is 5.75 Å². The van der Waals surface area contributed by atoms with Crippen molar-refractivity contribution in [1.29, 1.82) is 0 Å². The van der Waals surface area contributed by atoms with Gasteiger partial charge in [-0.1, -0.05) is 18.2 Å². The molecule has 5 nitrogen and oxygen atoms in total. The van der Waals surface area contributed by atoms with E-state index in [0.717, 1.165) is 25.7 Å². The first-order valence-corrected chi connectivity index (χ1v) is 8.35. The minimum Gasteiger partial charge on any atom is -0.508 e. The van der Waals surface area contributed by atoms with Gasteiger partial charge in [-0.2, -0.15) is 0 Å². The van der Waals surface area contributed by atoms with Crippen LogP contribution in [0.4, 0.5) is 0 Å². The quantitative estimate of drug-likeness (QED) is 0.551. The molecule has 0 aliphatic carbocycles. The van der Waals surface area contributed by atoms with Gasteiger partial charge >= 0.3 is 11.9 Å². The second-order valence-electron chi connectivity index (χ2n) is 5.60. The average Bonchev–Trinajstić information content (AvgIpc) is 2.64. The molecule has 0 radical (unpaired) electrons. The highest BCUT2D eigenvalue weighted by Gasteiger charge is 2.07. The molecule has 2 rings (SSSR count). The number of carbonyl (C=O) groups is 2. The maximum atomic E-state index is 11.7. The summed E-state index contributed by atoms with van der Waals surface area (Å²) >= 11 is 0. The third-order valence-corrected chi connectivity index (χ3v) is 3.62. The molecule has 0 heterocycles. The van der Waals surface area contributed by atoms with Crippen molar-refractivity contribution in [1.82, 2.24) is 0 Å². The van der Waals surface area contributed by atoms with Crippen molar-refractivity contribution in [3.05, 3.63) is 65.7 Å². The molecule has 0 aromatic heterocycles. The van der Waals surface area contributed by atoms with Gasteiger partial charge in [-0.05, 0) is 62.1 Å².